The summed E-state index contributed by atoms with van der Waals surface area (Å²) in [7, 11) is 0. The van der Waals surface area contributed by atoms with Crippen molar-refractivity contribution >= 4 is 34.8 Å². The van der Waals surface area contributed by atoms with Crippen molar-refractivity contribution in [3.8, 4) is 0 Å². The fourth-order valence-corrected chi connectivity index (χ4v) is 7.02. The molecule has 0 N–H and O–H groups in total. The van der Waals surface area contributed by atoms with Crippen molar-refractivity contribution in [3.05, 3.63) is 147 Å². The van der Waals surface area contributed by atoms with Crippen molar-refractivity contribution in [3.63, 3.8) is 0 Å². The summed E-state index contributed by atoms with van der Waals surface area (Å²) in [4.78, 5) is 56.8. The minimum Gasteiger partial charge on any atom is -0.352 e. The Bertz CT molecular complexity index is 1770. The zero-order valence-corrected chi connectivity index (χ0v) is 22.1. The summed E-state index contributed by atoms with van der Waals surface area (Å²) in [5.41, 5.74) is 2.52. The molecule has 3 atom stereocenters. The number of benzene rings is 4. The highest BCUT2D eigenvalue weighted by atomic mass is 16.6. The number of ketones is 3. The fourth-order valence-electron chi connectivity index (χ4n) is 7.02. The van der Waals surface area contributed by atoms with E-state index in [2.05, 4.69) is 0 Å². The number of nitrogens with zero attached hydrogens (tertiary/aromatic N) is 2. The first kappa shape index (κ1) is 24.8. The summed E-state index contributed by atoms with van der Waals surface area (Å²) in [6.07, 6.45) is 3.79. The van der Waals surface area contributed by atoms with E-state index >= 15 is 0 Å². The summed E-state index contributed by atoms with van der Waals surface area (Å²) < 4.78 is 0. The third kappa shape index (κ3) is 3.35. The van der Waals surface area contributed by atoms with Crippen molar-refractivity contribution in [1.82, 2.24) is 0 Å². The molecule has 1 spiro atoms. The largest absolute Gasteiger partial charge is 0.352 e. The molecule has 2 heterocycles. The van der Waals surface area contributed by atoms with Gasteiger partial charge in [-0.2, -0.15) is 0 Å². The Morgan fingerprint density at radius 3 is 2.12 bits per heavy atom. The van der Waals surface area contributed by atoms with Gasteiger partial charge in [0.25, 0.3) is 5.69 Å². The average molecular weight is 541 g/mol. The quantitative estimate of drug-likeness (QED) is 0.132. The van der Waals surface area contributed by atoms with E-state index in [1.165, 1.54) is 12.1 Å². The van der Waals surface area contributed by atoms with Gasteiger partial charge in [0.05, 0.1) is 11.0 Å². The lowest BCUT2D eigenvalue weighted by molar-refractivity contribution is -0.384. The number of nitro groups is 1. The number of rotatable bonds is 4. The lowest BCUT2D eigenvalue weighted by Crippen LogP contribution is -2.48. The Hall–Kier alpha value is -5.17. The highest BCUT2D eigenvalue weighted by Crippen LogP contribution is 2.61. The van der Waals surface area contributed by atoms with Crippen LogP contribution < -0.4 is 4.90 Å². The van der Waals surface area contributed by atoms with Crippen LogP contribution in [-0.2, 0) is 0 Å². The summed E-state index contributed by atoms with van der Waals surface area (Å²) in [5.74, 6) is -1.80. The molecule has 4 aromatic carbocycles. The number of carbonyl (C=O) groups excluding carboxylic acids is 3. The summed E-state index contributed by atoms with van der Waals surface area (Å²) in [6.45, 7) is 1.96. The predicted octanol–water partition coefficient (Wildman–Crippen LogP) is 6.22. The van der Waals surface area contributed by atoms with E-state index in [-0.39, 0.29) is 23.0 Å². The van der Waals surface area contributed by atoms with E-state index in [9.17, 15) is 24.5 Å². The molecular formula is C34H24N2O5. The molecule has 41 heavy (non-hydrogen) atoms. The molecule has 1 fully saturated rings. The molecule has 1 saturated heterocycles. The maximum Gasteiger partial charge on any atom is 0.269 e. The number of aryl methyl sites for hydroxylation is 1. The Morgan fingerprint density at radius 2 is 1.49 bits per heavy atom. The minimum absolute atomic E-state index is 0.113. The van der Waals surface area contributed by atoms with Crippen LogP contribution in [0.15, 0.2) is 103 Å². The van der Waals surface area contributed by atoms with Gasteiger partial charge in [-0.3, -0.25) is 24.5 Å². The summed E-state index contributed by atoms with van der Waals surface area (Å²) >= 11 is 0. The second kappa shape index (κ2) is 8.93. The number of Topliss-reactive ketones (excluding diaryl/α,β-unsaturated/α-hetero) is 3. The Balaban J connectivity index is 1.55. The van der Waals surface area contributed by atoms with Gasteiger partial charge in [-0.15, -0.1) is 0 Å². The zero-order valence-electron chi connectivity index (χ0n) is 22.1. The van der Waals surface area contributed by atoms with Crippen molar-refractivity contribution < 1.29 is 19.3 Å². The fraction of sp³-hybridized carbons (Fsp3) is 0.147. The molecule has 0 bridgehead atoms. The molecule has 0 amide bonds. The summed E-state index contributed by atoms with van der Waals surface area (Å²) in [6, 6.07) is 25.8. The number of carbonyl (C=O) groups is 3. The zero-order chi connectivity index (χ0) is 28.5. The van der Waals surface area contributed by atoms with Gasteiger partial charge >= 0.3 is 0 Å². The van der Waals surface area contributed by atoms with Crippen LogP contribution in [0, 0.1) is 22.5 Å². The van der Waals surface area contributed by atoms with Crippen LogP contribution >= 0.6 is 0 Å². The van der Waals surface area contributed by atoms with E-state index < -0.39 is 28.3 Å². The van der Waals surface area contributed by atoms with Gasteiger partial charge in [-0.25, -0.2) is 0 Å². The summed E-state index contributed by atoms with van der Waals surface area (Å²) in [5, 5.41) is 11.5. The number of nitro benzene ring substituents is 1. The van der Waals surface area contributed by atoms with Crippen LogP contribution in [0.25, 0.3) is 6.08 Å². The SMILES string of the molecule is Cc1ccc2c(c1)N1[C@@H](C(=O)c3ccccc3)[C@@H](c3ccc([N+](=O)[O-])cc3)C3(C(=O)c4ccccc4C3=O)[C@H]1C=C2. The highest BCUT2D eigenvalue weighted by Gasteiger charge is 2.71. The number of hydrogen-bond acceptors (Lipinski definition) is 6. The normalized spacial score (nSPS) is 21.5. The van der Waals surface area contributed by atoms with Crippen LogP contribution in [0.5, 0.6) is 0 Å². The molecule has 4 aromatic rings. The minimum atomic E-state index is -1.65. The first-order valence-electron chi connectivity index (χ1n) is 13.4. The molecule has 2 aliphatic heterocycles. The van der Waals surface area contributed by atoms with Crippen LogP contribution in [0.1, 0.15) is 53.7 Å². The molecule has 200 valence electrons. The van der Waals surface area contributed by atoms with Gasteiger partial charge in [0, 0.05) is 40.4 Å². The van der Waals surface area contributed by atoms with Gasteiger partial charge in [0.15, 0.2) is 17.3 Å². The average Bonchev–Trinajstić information content (AvgIpc) is 3.43. The third-order valence-electron chi connectivity index (χ3n) is 8.75. The van der Waals surface area contributed by atoms with E-state index in [4.69, 9.17) is 0 Å². The number of anilines is 1. The highest BCUT2D eigenvalue weighted by molar-refractivity contribution is 6.32. The molecule has 7 rings (SSSR count). The Morgan fingerprint density at radius 1 is 0.854 bits per heavy atom. The van der Waals surface area contributed by atoms with Crippen LogP contribution in [-0.4, -0.2) is 34.4 Å². The molecule has 0 radical (unpaired) electrons. The third-order valence-corrected chi connectivity index (χ3v) is 8.75. The Kier molecular flexibility index (Phi) is 5.41. The van der Waals surface area contributed by atoms with E-state index in [0.717, 1.165) is 16.8 Å². The van der Waals surface area contributed by atoms with Gasteiger partial charge in [0.2, 0.25) is 0 Å². The molecule has 3 aliphatic rings. The van der Waals surface area contributed by atoms with Gasteiger partial charge in [-0.1, -0.05) is 91.0 Å². The van der Waals surface area contributed by atoms with E-state index in [0.29, 0.717) is 22.3 Å². The van der Waals surface area contributed by atoms with Gasteiger partial charge < -0.3 is 4.90 Å². The van der Waals surface area contributed by atoms with Crippen molar-refractivity contribution in [1.29, 1.82) is 0 Å². The topological polar surface area (TPSA) is 97.6 Å². The van der Waals surface area contributed by atoms with E-state index in [1.54, 1.807) is 60.7 Å². The monoisotopic (exact) mass is 540 g/mol. The second-order valence-corrected chi connectivity index (χ2v) is 10.8. The van der Waals surface area contributed by atoms with Crippen molar-refractivity contribution in [2.45, 2.75) is 24.9 Å². The number of fused-ring (bicyclic) bond motifs is 5. The van der Waals surface area contributed by atoms with Crippen LogP contribution in [0.2, 0.25) is 0 Å². The molecule has 0 saturated carbocycles. The first-order chi connectivity index (χ1) is 19.8. The molecule has 1 aliphatic carbocycles. The molecule has 7 heteroatoms. The lowest BCUT2D eigenvalue weighted by Gasteiger charge is -2.37. The van der Waals surface area contributed by atoms with Crippen LogP contribution in [0.3, 0.4) is 0 Å². The van der Waals surface area contributed by atoms with Gasteiger partial charge in [0.1, 0.15) is 11.5 Å². The van der Waals surface area contributed by atoms with Crippen molar-refractivity contribution in [2.75, 3.05) is 4.90 Å². The van der Waals surface area contributed by atoms with E-state index in [1.807, 2.05) is 48.2 Å². The standard InChI is InChI=1S/C34H24N2O5/c1-20-11-12-21-15-18-28-34(32(38)25-9-5-6-10-26(25)33(34)39)29(22-13-16-24(17-14-22)36(40)41)30(35(28)27(21)19-20)31(37)23-7-3-2-4-8-23/h2-19,28-30H,1H3/t28-,29-,30-/m1/s1. The van der Waals surface area contributed by atoms with Gasteiger partial charge in [-0.05, 0) is 29.7 Å². The molecule has 0 aromatic heterocycles. The lowest BCUT2D eigenvalue weighted by atomic mass is 9.64. The van der Waals surface area contributed by atoms with Crippen molar-refractivity contribution in [2.24, 2.45) is 5.41 Å². The maximum absolute atomic E-state index is 14.6. The molecule has 7 nitrogen and oxygen atoms in total. The number of non-ortho nitro benzene ring substituents is 1. The molecule has 0 unspecified atom stereocenters. The van der Waals surface area contributed by atoms with Crippen LogP contribution in [0.4, 0.5) is 11.4 Å². The second-order valence-electron chi connectivity index (χ2n) is 10.8. The molecular weight excluding hydrogens is 516 g/mol. The first-order valence-corrected chi connectivity index (χ1v) is 13.4. The predicted molar refractivity (Wildman–Crippen MR) is 154 cm³/mol. The maximum atomic E-state index is 14.6. The Labute approximate surface area is 235 Å². The smallest absolute Gasteiger partial charge is 0.269 e. The number of hydrogen-bond donors (Lipinski definition) is 0.